The highest BCUT2D eigenvalue weighted by atomic mass is 35.5. The number of halogens is 2. The maximum absolute atomic E-state index is 11.8. The van der Waals surface area contributed by atoms with Gasteiger partial charge >= 0.3 is 0 Å². The van der Waals surface area contributed by atoms with Crippen molar-refractivity contribution < 1.29 is 14.3 Å². The summed E-state index contributed by atoms with van der Waals surface area (Å²) in [5.41, 5.74) is 1.01. The van der Waals surface area contributed by atoms with Crippen LogP contribution in [0.25, 0.3) is 0 Å². The topological polar surface area (TPSA) is 59.6 Å². The van der Waals surface area contributed by atoms with Crippen LogP contribution in [-0.4, -0.2) is 44.9 Å². The van der Waals surface area contributed by atoms with E-state index in [4.69, 9.17) is 21.1 Å². The van der Waals surface area contributed by atoms with Crippen molar-refractivity contribution >= 4 is 29.9 Å². The van der Waals surface area contributed by atoms with Gasteiger partial charge in [-0.3, -0.25) is 4.79 Å². The molecule has 0 aliphatic carbocycles. The Hall–Kier alpha value is -1.01. The number of aryl methyl sites for hydroxylation is 1. The summed E-state index contributed by atoms with van der Waals surface area (Å²) in [5.74, 6) is 0.811. The quantitative estimate of drug-likeness (QED) is 0.771. The summed E-state index contributed by atoms with van der Waals surface area (Å²) < 4.78 is 10.9. The van der Waals surface area contributed by atoms with E-state index >= 15 is 0 Å². The minimum absolute atomic E-state index is 0. The number of ether oxygens (including phenoxy) is 2. The Morgan fingerprint density at radius 2 is 2.36 bits per heavy atom. The zero-order chi connectivity index (χ0) is 15.1. The molecule has 1 aliphatic heterocycles. The highest BCUT2D eigenvalue weighted by Gasteiger charge is 2.20. The van der Waals surface area contributed by atoms with Gasteiger partial charge in [0.15, 0.2) is 0 Å². The van der Waals surface area contributed by atoms with Gasteiger partial charge in [0.1, 0.15) is 11.8 Å². The first-order valence-electron chi connectivity index (χ1n) is 7.14. The van der Waals surface area contributed by atoms with Gasteiger partial charge in [-0.25, -0.2) is 0 Å². The number of morpholine rings is 1. The predicted molar refractivity (Wildman–Crippen MR) is 89.2 cm³/mol. The molecule has 1 unspecified atom stereocenters. The fraction of sp³-hybridized carbons (Fsp3) is 0.533. The minimum atomic E-state index is -0.238. The summed E-state index contributed by atoms with van der Waals surface area (Å²) in [6, 6.07) is 5.30. The Morgan fingerprint density at radius 1 is 1.55 bits per heavy atom. The fourth-order valence-electron chi connectivity index (χ4n) is 2.10. The Bertz CT molecular complexity index is 480. The Kier molecular flexibility index (Phi) is 8.56. The van der Waals surface area contributed by atoms with Crippen LogP contribution < -0.4 is 15.4 Å². The zero-order valence-corrected chi connectivity index (χ0v) is 14.1. The predicted octanol–water partition coefficient (Wildman–Crippen LogP) is 1.94. The SMILES string of the molecule is Cc1cc(Cl)ccc1OCCCNC(=O)C1COCCN1.Cl. The van der Waals surface area contributed by atoms with Gasteiger partial charge in [0.05, 0.1) is 19.8 Å². The average molecular weight is 349 g/mol. The normalized spacial score (nSPS) is 17.5. The lowest BCUT2D eigenvalue weighted by Gasteiger charge is -2.22. The Balaban J connectivity index is 0.00000242. The van der Waals surface area contributed by atoms with Crippen LogP contribution >= 0.6 is 24.0 Å². The summed E-state index contributed by atoms with van der Waals surface area (Å²) in [6.45, 7) is 4.92. The molecule has 1 amide bonds. The number of benzene rings is 1. The second-order valence-electron chi connectivity index (χ2n) is 4.98. The van der Waals surface area contributed by atoms with Crippen molar-refractivity contribution in [1.29, 1.82) is 0 Å². The molecule has 7 heteroatoms. The lowest BCUT2D eigenvalue weighted by Crippen LogP contribution is -2.51. The molecule has 124 valence electrons. The number of hydrogen-bond acceptors (Lipinski definition) is 4. The van der Waals surface area contributed by atoms with Crippen LogP contribution in [0, 0.1) is 6.92 Å². The smallest absolute Gasteiger partial charge is 0.239 e. The van der Waals surface area contributed by atoms with Crippen LogP contribution in [0.15, 0.2) is 18.2 Å². The van der Waals surface area contributed by atoms with E-state index in [0.29, 0.717) is 31.4 Å². The summed E-state index contributed by atoms with van der Waals surface area (Å²) in [6.07, 6.45) is 0.751. The fourth-order valence-corrected chi connectivity index (χ4v) is 2.32. The highest BCUT2D eigenvalue weighted by Crippen LogP contribution is 2.21. The van der Waals surface area contributed by atoms with Crippen molar-refractivity contribution in [3.63, 3.8) is 0 Å². The van der Waals surface area contributed by atoms with Crippen molar-refractivity contribution in [1.82, 2.24) is 10.6 Å². The molecule has 0 bridgehead atoms. The van der Waals surface area contributed by atoms with E-state index in [1.54, 1.807) is 6.07 Å². The van der Waals surface area contributed by atoms with Gasteiger partial charge in [-0.05, 0) is 37.1 Å². The molecule has 0 aromatic heterocycles. The van der Waals surface area contributed by atoms with E-state index in [1.165, 1.54) is 0 Å². The number of rotatable bonds is 6. The molecular weight excluding hydrogens is 327 g/mol. The van der Waals surface area contributed by atoms with Crippen molar-refractivity contribution in [2.24, 2.45) is 0 Å². The van der Waals surface area contributed by atoms with E-state index < -0.39 is 0 Å². The maximum atomic E-state index is 11.8. The van der Waals surface area contributed by atoms with Gasteiger partial charge in [0.25, 0.3) is 0 Å². The summed E-state index contributed by atoms with van der Waals surface area (Å²) in [7, 11) is 0. The summed E-state index contributed by atoms with van der Waals surface area (Å²) >= 11 is 5.89. The largest absolute Gasteiger partial charge is 0.493 e. The number of carbonyl (C=O) groups is 1. The van der Waals surface area contributed by atoms with Crippen molar-refractivity contribution in [3.8, 4) is 5.75 Å². The van der Waals surface area contributed by atoms with Gasteiger partial charge in [0, 0.05) is 18.1 Å². The van der Waals surface area contributed by atoms with Gasteiger partial charge in [0.2, 0.25) is 5.91 Å². The first-order valence-corrected chi connectivity index (χ1v) is 7.52. The highest BCUT2D eigenvalue weighted by molar-refractivity contribution is 6.30. The van der Waals surface area contributed by atoms with E-state index in [-0.39, 0.29) is 24.4 Å². The third-order valence-electron chi connectivity index (χ3n) is 3.25. The molecular formula is C15H22Cl2N2O3. The van der Waals surface area contributed by atoms with Crippen LogP contribution in [0.2, 0.25) is 5.02 Å². The number of hydrogen-bond donors (Lipinski definition) is 2. The lowest BCUT2D eigenvalue weighted by atomic mass is 10.2. The van der Waals surface area contributed by atoms with Gasteiger partial charge in [-0.15, -0.1) is 12.4 Å². The van der Waals surface area contributed by atoms with Crippen LogP contribution in [-0.2, 0) is 9.53 Å². The molecule has 0 radical (unpaired) electrons. The third kappa shape index (κ3) is 6.01. The number of amides is 1. The molecule has 0 saturated carbocycles. The molecule has 1 aromatic carbocycles. The van der Waals surface area contributed by atoms with Crippen LogP contribution in [0.1, 0.15) is 12.0 Å². The van der Waals surface area contributed by atoms with E-state index in [1.807, 2.05) is 19.1 Å². The Labute approximate surface area is 142 Å². The van der Waals surface area contributed by atoms with Crippen LogP contribution in [0.4, 0.5) is 0 Å². The van der Waals surface area contributed by atoms with Gasteiger partial charge in [-0.1, -0.05) is 11.6 Å². The van der Waals surface area contributed by atoms with Gasteiger partial charge < -0.3 is 20.1 Å². The van der Waals surface area contributed by atoms with E-state index in [2.05, 4.69) is 10.6 Å². The third-order valence-corrected chi connectivity index (χ3v) is 3.49. The Morgan fingerprint density at radius 3 is 3.05 bits per heavy atom. The molecule has 22 heavy (non-hydrogen) atoms. The minimum Gasteiger partial charge on any atom is -0.493 e. The molecule has 1 aromatic rings. The number of nitrogens with one attached hydrogen (secondary N) is 2. The second-order valence-corrected chi connectivity index (χ2v) is 5.42. The molecule has 5 nitrogen and oxygen atoms in total. The first-order chi connectivity index (χ1) is 10.2. The van der Waals surface area contributed by atoms with Crippen LogP contribution in [0.3, 0.4) is 0 Å². The number of carbonyl (C=O) groups excluding carboxylic acids is 1. The van der Waals surface area contributed by atoms with Crippen LogP contribution in [0.5, 0.6) is 5.75 Å². The summed E-state index contributed by atoms with van der Waals surface area (Å²) in [5, 5.41) is 6.70. The molecule has 2 rings (SSSR count). The maximum Gasteiger partial charge on any atom is 0.239 e. The molecule has 1 saturated heterocycles. The van der Waals surface area contributed by atoms with Crippen molar-refractivity contribution in [3.05, 3.63) is 28.8 Å². The lowest BCUT2D eigenvalue weighted by molar-refractivity contribution is -0.125. The molecule has 2 N–H and O–H groups in total. The monoisotopic (exact) mass is 348 g/mol. The average Bonchev–Trinajstić information content (AvgIpc) is 2.49. The van der Waals surface area contributed by atoms with Crippen molar-refractivity contribution in [2.75, 3.05) is 32.9 Å². The van der Waals surface area contributed by atoms with Gasteiger partial charge in [-0.2, -0.15) is 0 Å². The summed E-state index contributed by atoms with van der Waals surface area (Å²) in [4.78, 5) is 11.8. The molecule has 0 spiro atoms. The second kappa shape index (κ2) is 9.90. The standard InChI is InChI=1S/C15H21ClN2O3.ClH/c1-11-9-12(16)3-4-14(11)21-7-2-5-18-15(19)13-10-20-8-6-17-13;/h3-4,9,13,17H,2,5-8,10H2,1H3,(H,18,19);1H. The molecule has 1 fully saturated rings. The molecule has 1 heterocycles. The zero-order valence-electron chi connectivity index (χ0n) is 12.6. The van der Waals surface area contributed by atoms with E-state index in [0.717, 1.165) is 24.3 Å². The van der Waals surface area contributed by atoms with E-state index in [9.17, 15) is 4.79 Å². The molecule has 1 atom stereocenters. The molecule has 1 aliphatic rings. The van der Waals surface area contributed by atoms with Crippen molar-refractivity contribution in [2.45, 2.75) is 19.4 Å². The first kappa shape index (κ1) is 19.0.